The molecule has 0 bridgehead atoms. The summed E-state index contributed by atoms with van der Waals surface area (Å²) in [4.78, 5) is 12.5. The molecule has 1 aromatic rings. The Kier molecular flexibility index (Phi) is 4.29. The molecule has 5 nitrogen and oxygen atoms in total. The van der Waals surface area contributed by atoms with Crippen LogP contribution in [0.2, 0.25) is 0 Å². The minimum atomic E-state index is -0.426. The van der Waals surface area contributed by atoms with Crippen molar-refractivity contribution in [2.24, 2.45) is 7.05 Å². The zero-order valence-electron chi connectivity index (χ0n) is 12.7. The molecule has 0 unspecified atom stereocenters. The molecule has 0 radical (unpaired) electrons. The number of aryl methyl sites for hydroxylation is 1. The Bertz CT molecular complexity index is 508. The van der Waals surface area contributed by atoms with E-state index < -0.39 is 6.10 Å². The van der Waals surface area contributed by atoms with Gasteiger partial charge >= 0.3 is 0 Å². The van der Waals surface area contributed by atoms with Crippen LogP contribution < -0.4 is 5.32 Å². The minimum absolute atomic E-state index is 0.110. The number of aliphatic hydroxyl groups is 1. The molecule has 0 saturated heterocycles. The SMILES string of the molecule is Cn1nc(C2CC2)cc1C(=O)N[C@H]1CCCCCC[C@@H]1O. The van der Waals surface area contributed by atoms with Gasteiger partial charge in [-0.3, -0.25) is 9.48 Å². The fourth-order valence-corrected chi connectivity index (χ4v) is 3.16. The van der Waals surface area contributed by atoms with Crippen LogP contribution in [-0.2, 0) is 7.05 Å². The molecule has 5 heteroatoms. The summed E-state index contributed by atoms with van der Waals surface area (Å²) in [6.07, 6.45) is 8.07. The molecule has 116 valence electrons. The predicted octanol–water partition coefficient (Wildman–Crippen LogP) is 2.11. The van der Waals surface area contributed by atoms with Gasteiger partial charge in [0.2, 0.25) is 0 Å². The molecule has 2 aliphatic carbocycles. The highest BCUT2D eigenvalue weighted by Gasteiger charge is 2.29. The van der Waals surface area contributed by atoms with Crippen molar-refractivity contribution < 1.29 is 9.90 Å². The molecule has 2 fully saturated rings. The molecule has 1 aromatic heterocycles. The fourth-order valence-electron chi connectivity index (χ4n) is 3.16. The van der Waals surface area contributed by atoms with Gasteiger partial charge in [0.15, 0.2) is 0 Å². The van der Waals surface area contributed by atoms with Crippen LogP contribution in [0.3, 0.4) is 0 Å². The Morgan fingerprint density at radius 3 is 2.67 bits per heavy atom. The van der Waals surface area contributed by atoms with Crippen molar-refractivity contribution in [3.8, 4) is 0 Å². The van der Waals surface area contributed by atoms with E-state index in [2.05, 4.69) is 10.4 Å². The van der Waals surface area contributed by atoms with E-state index in [4.69, 9.17) is 0 Å². The third kappa shape index (κ3) is 3.46. The van der Waals surface area contributed by atoms with Crippen LogP contribution in [0, 0.1) is 0 Å². The largest absolute Gasteiger partial charge is 0.391 e. The van der Waals surface area contributed by atoms with E-state index in [1.807, 2.05) is 13.1 Å². The zero-order chi connectivity index (χ0) is 14.8. The topological polar surface area (TPSA) is 67.2 Å². The van der Waals surface area contributed by atoms with E-state index in [0.717, 1.165) is 31.4 Å². The second-order valence-corrected chi connectivity index (χ2v) is 6.49. The van der Waals surface area contributed by atoms with Gasteiger partial charge in [-0.05, 0) is 31.7 Å². The molecular formula is C16H25N3O2. The van der Waals surface area contributed by atoms with Crippen molar-refractivity contribution in [1.82, 2.24) is 15.1 Å². The van der Waals surface area contributed by atoms with Crippen molar-refractivity contribution in [3.63, 3.8) is 0 Å². The van der Waals surface area contributed by atoms with Crippen molar-refractivity contribution >= 4 is 5.91 Å². The van der Waals surface area contributed by atoms with E-state index in [-0.39, 0.29) is 11.9 Å². The second kappa shape index (κ2) is 6.18. The van der Waals surface area contributed by atoms with Gasteiger partial charge in [0.05, 0.1) is 17.8 Å². The Morgan fingerprint density at radius 1 is 1.24 bits per heavy atom. The lowest BCUT2D eigenvalue weighted by Gasteiger charge is -2.26. The normalized spacial score (nSPS) is 27.0. The first-order valence-electron chi connectivity index (χ1n) is 8.18. The van der Waals surface area contributed by atoms with Crippen molar-refractivity contribution in [2.75, 3.05) is 0 Å². The van der Waals surface area contributed by atoms with Gasteiger partial charge in [-0.25, -0.2) is 0 Å². The molecule has 0 aliphatic heterocycles. The molecule has 3 rings (SSSR count). The summed E-state index contributed by atoms with van der Waals surface area (Å²) in [5.74, 6) is 0.436. The maximum Gasteiger partial charge on any atom is 0.269 e. The first-order valence-corrected chi connectivity index (χ1v) is 8.18. The lowest BCUT2D eigenvalue weighted by molar-refractivity contribution is 0.0763. The van der Waals surface area contributed by atoms with Crippen LogP contribution in [0.4, 0.5) is 0 Å². The highest BCUT2D eigenvalue weighted by atomic mass is 16.3. The summed E-state index contributed by atoms with van der Waals surface area (Å²) in [5, 5.41) is 17.7. The smallest absolute Gasteiger partial charge is 0.269 e. The number of amides is 1. The van der Waals surface area contributed by atoms with Crippen LogP contribution >= 0.6 is 0 Å². The molecule has 2 N–H and O–H groups in total. The number of nitrogens with zero attached hydrogens (tertiary/aromatic N) is 2. The van der Waals surface area contributed by atoms with Crippen LogP contribution in [0.15, 0.2) is 6.07 Å². The van der Waals surface area contributed by atoms with E-state index in [9.17, 15) is 9.90 Å². The monoisotopic (exact) mass is 291 g/mol. The van der Waals surface area contributed by atoms with Crippen molar-refractivity contribution in [3.05, 3.63) is 17.5 Å². The van der Waals surface area contributed by atoms with Gasteiger partial charge in [-0.15, -0.1) is 0 Å². The molecule has 0 spiro atoms. The van der Waals surface area contributed by atoms with E-state index in [0.29, 0.717) is 11.6 Å². The molecule has 2 aliphatic rings. The summed E-state index contributed by atoms with van der Waals surface area (Å²) in [6.45, 7) is 0. The Hall–Kier alpha value is -1.36. The van der Waals surface area contributed by atoms with E-state index in [1.165, 1.54) is 25.7 Å². The summed E-state index contributed by atoms with van der Waals surface area (Å²) in [7, 11) is 1.81. The number of hydrogen-bond donors (Lipinski definition) is 2. The fraction of sp³-hybridized carbons (Fsp3) is 0.750. The van der Waals surface area contributed by atoms with Gasteiger partial charge < -0.3 is 10.4 Å². The lowest BCUT2D eigenvalue weighted by atomic mass is 9.94. The van der Waals surface area contributed by atoms with Crippen LogP contribution in [0.5, 0.6) is 0 Å². The molecule has 0 aromatic carbocycles. The van der Waals surface area contributed by atoms with Gasteiger partial charge in [-0.1, -0.05) is 25.7 Å². The van der Waals surface area contributed by atoms with Crippen molar-refractivity contribution in [1.29, 1.82) is 0 Å². The molecule has 1 heterocycles. The zero-order valence-corrected chi connectivity index (χ0v) is 12.7. The van der Waals surface area contributed by atoms with Gasteiger partial charge in [-0.2, -0.15) is 5.10 Å². The number of aliphatic hydroxyl groups excluding tert-OH is 1. The number of carbonyl (C=O) groups is 1. The van der Waals surface area contributed by atoms with E-state index >= 15 is 0 Å². The number of hydrogen-bond acceptors (Lipinski definition) is 3. The predicted molar refractivity (Wildman–Crippen MR) is 80.1 cm³/mol. The number of carbonyl (C=O) groups excluding carboxylic acids is 1. The van der Waals surface area contributed by atoms with Crippen LogP contribution in [-0.4, -0.2) is 32.9 Å². The highest BCUT2D eigenvalue weighted by molar-refractivity contribution is 5.93. The van der Waals surface area contributed by atoms with Gasteiger partial charge in [0, 0.05) is 13.0 Å². The number of aromatic nitrogens is 2. The Morgan fingerprint density at radius 2 is 1.95 bits per heavy atom. The molecule has 2 atom stereocenters. The lowest BCUT2D eigenvalue weighted by Crippen LogP contribution is -2.44. The Balaban J connectivity index is 1.66. The minimum Gasteiger partial charge on any atom is -0.391 e. The molecular weight excluding hydrogens is 266 g/mol. The maximum absolute atomic E-state index is 12.5. The second-order valence-electron chi connectivity index (χ2n) is 6.49. The summed E-state index contributed by atoms with van der Waals surface area (Å²) in [6, 6.07) is 1.78. The average molecular weight is 291 g/mol. The summed E-state index contributed by atoms with van der Waals surface area (Å²) < 4.78 is 1.66. The summed E-state index contributed by atoms with van der Waals surface area (Å²) >= 11 is 0. The quantitative estimate of drug-likeness (QED) is 0.896. The molecule has 21 heavy (non-hydrogen) atoms. The van der Waals surface area contributed by atoms with Crippen LogP contribution in [0.1, 0.15) is 73.5 Å². The van der Waals surface area contributed by atoms with Gasteiger partial charge in [0.1, 0.15) is 5.69 Å². The van der Waals surface area contributed by atoms with Crippen LogP contribution in [0.25, 0.3) is 0 Å². The first-order chi connectivity index (χ1) is 10.1. The molecule has 2 saturated carbocycles. The average Bonchev–Trinajstić information content (AvgIpc) is 3.21. The first kappa shape index (κ1) is 14.6. The van der Waals surface area contributed by atoms with Crippen molar-refractivity contribution in [2.45, 2.75) is 69.4 Å². The molecule has 1 amide bonds. The summed E-state index contributed by atoms with van der Waals surface area (Å²) in [5.41, 5.74) is 1.63. The van der Waals surface area contributed by atoms with E-state index in [1.54, 1.807) is 4.68 Å². The maximum atomic E-state index is 12.5. The number of nitrogens with one attached hydrogen (secondary N) is 1. The third-order valence-electron chi connectivity index (χ3n) is 4.67. The van der Waals surface area contributed by atoms with Gasteiger partial charge in [0.25, 0.3) is 5.91 Å². The Labute approximate surface area is 125 Å². The number of rotatable bonds is 3. The standard InChI is InChI=1S/C16H25N3O2/c1-19-14(10-13(18-19)11-8-9-11)16(21)17-12-6-4-2-3-5-7-15(12)20/h10-12,15,20H,2-9H2,1H3,(H,17,21)/t12-,15-/m0/s1. The third-order valence-corrected chi connectivity index (χ3v) is 4.67. The highest BCUT2D eigenvalue weighted by Crippen LogP contribution is 2.39.